The minimum absolute atomic E-state index is 0.202. The van der Waals surface area contributed by atoms with E-state index in [-0.39, 0.29) is 5.91 Å². The number of nitrogens with one attached hydrogen (secondary N) is 1. The lowest BCUT2D eigenvalue weighted by Crippen LogP contribution is -2.42. The number of carbonyl (C=O) groups excluding carboxylic acids is 1. The molecule has 0 heterocycles. The highest BCUT2D eigenvalue weighted by atomic mass is 16.5. The predicted molar refractivity (Wildman–Crippen MR) is 90.5 cm³/mol. The van der Waals surface area contributed by atoms with Crippen LogP contribution in [0.3, 0.4) is 0 Å². The van der Waals surface area contributed by atoms with E-state index in [4.69, 9.17) is 9.47 Å². The Kier molecular flexibility index (Phi) is 7.56. The van der Waals surface area contributed by atoms with Crippen LogP contribution in [0.5, 0.6) is 5.75 Å². The number of nitrogens with zero attached hydrogens (tertiary/aromatic N) is 1. The first-order valence-corrected chi connectivity index (χ1v) is 8.13. The smallest absolute Gasteiger partial charge is 0.256 e. The molecule has 1 aromatic rings. The van der Waals surface area contributed by atoms with Crippen molar-refractivity contribution in [1.29, 1.82) is 5.26 Å². The maximum absolute atomic E-state index is 12.5. The van der Waals surface area contributed by atoms with Crippen molar-refractivity contribution >= 4 is 11.6 Å². The Balaban J connectivity index is 2.91. The van der Waals surface area contributed by atoms with Crippen LogP contribution >= 0.6 is 0 Å². The van der Waals surface area contributed by atoms with Crippen LogP contribution in [-0.4, -0.2) is 24.7 Å². The van der Waals surface area contributed by atoms with E-state index in [1.54, 1.807) is 25.1 Å². The van der Waals surface area contributed by atoms with Crippen molar-refractivity contribution in [2.45, 2.75) is 52.6 Å². The molecular formula is C18H26N2O3. The van der Waals surface area contributed by atoms with Crippen LogP contribution in [0.2, 0.25) is 0 Å². The highest BCUT2D eigenvalue weighted by molar-refractivity contribution is 5.97. The van der Waals surface area contributed by atoms with Gasteiger partial charge >= 0.3 is 0 Å². The number of hydrogen-bond donors (Lipinski definition) is 1. The zero-order valence-corrected chi connectivity index (χ0v) is 14.4. The van der Waals surface area contributed by atoms with Gasteiger partial charge in [-0.1, -0.05) is 20.3 Å². The molecule has 5 nitrogen and oxygen atoms in total. The fourth-order valence-corrected chi connectivity index (χ4v) is 2.34. The zero-order valence-electron chi connectivity index (χ0n) is 14.4. The Bertz CT molecular complexity index is 558. The Morgan fingerprint density at radius 3 is 2.61 bits per heavy atom. The summed E-state index contributed by atoms with van der Waals surface area (Å²) in [4.78, 5) is 12.5. The zero-order chi connectivity index (χ0) is 17.3. The number of nitriles is 1. The van der Waals surface area contributed by atoms with Crippen LogP contribution in [-0.2, 0) is 9.53 Å². The van der Waals surface area contributed by atoms with E-state index in [2.05, 4.69) is 11.4 Å². The van der Waals surface area contributed by atoms with E-state index in [9.17, 15) is 10.1 Å². The first-order chi connectivity index (χ1) is 11.0. The molecule has 0 radical (unpaired) electrons. The molecule has 0 bridgehead atoms. The molecular weight excluding hydrogens is 292 g/mol. The molecule has 1 rings (SSSR count). The Morgan fingerprint density at radius 1 is 1.30 bits per heavy atom. The summed E-state index contributed by atoms with van der Waals surface area (Å²) in [6.45, 7) is 8.70. The fourth-order valence-electron chi connectivity index (χ4n) is 2.34. The maximum atomic E-state index is 12.5. The summed E-state index contributed by atoms with van der Waals surface area (Å²) in [7, 11) is 0. The summed E-state index contributed by atoms with van der Waals surface area (Å²) in [6.07, 6.45) is 2.35. The van der Waals surface area contributed by atoms with E-state index in [1.165, 1.54) is 0 Å². The first kappa shape index (κ1) is 19.0. The van der Waals surface area contributed by atoms with E-state index < -0.39 is 5.60 Å². The topological polar surface area (TPSA) is 71.3 Å². The molecule has 1 N–H and O–H groups in total. The number of carbonyl (C=O) groups is 1. The van der Waals surface area contributed by atoms with Crippen molar-refractivity contribution in [2.24, 2.45) is 0 Å². The van der Waals surface area contributed by atoms with Crippen molar-refractivity contribution < 1.29 is 14.3 Å². The molecule has 126 valence electrons. The average molecular weight is 318 g/mol. The fraction of sp³-hybridized carbons (Fsp3) is 0.556. The van der Waals surface area contributed by atoms with E-state index in [0.717, 1.165) is 12.8 Å². The highest BCUT2D eigenvalue weighted by Gasteiger charge is 2.33. The van der Waals surface area contributed by atoms with Gasteiger partial charge in [-0.3, -0.25) is 4.79 Å². The molecule has 0 spiro atoms. The van der Waals surface area contributed by atoms with Crippen molar-refractivity contribution in [1.82, 2.24) is 0 Å². The summed E-state index contributed by atoms with van der Waals surface area (Å²) in [5.74, 6) is 0.334. The lowest BCUT2D eigenvalue weighted by molar-refractivity contribution is -0.139. The monoisotopic (exact) mass is 318 g/mol. The van der Waals surface area contributed by atoms with Crippen LogP contribution in [0.15, 0.2) is 18.2 Å². The molecule has 1 amide bonds. The number of amides is 1. The van der Waals surface area contributed by atoms with Crippen molar-refractivity contribution in [3.8, 4) is 11.8 Å². The molecule has 0 aliphatic carbocycles. The van der Waals surface area contributed by atoms with Gasteiger partial charge < -0.3 is 14.8 Å². The van der Waals surface area contributed by atoms with Gasteiger partial charge in [-0.05, 0) is 44.9 Å². The van der Waals surface area contributed by atoms with Gasteiger partial charge in [-0.2, -0.15) is 5.26 Å². The van der Waals surface area contributed by atoms with Crippen molar-refractivity contribution in [3.05, 3.63) is 23.8 Å². The van der Waals surface area contributed by atoms with Gasteiger partial charge in [0.05, 0.1) is 12.2 Å². The quantitative estimate of drug-likeness (QED) is 0.750. The third-order valence-electron chi connectivity index (χ3n) is 3.49. The molecule has 5 heteroatoms. The van der Waals surface area contributed by atoms with E-state index in [0.29, 0.717) is 36.6 Å². The summed E-state index contributed by atoms with van der Waals surface area (Å²) in [5.41, 5.74) is 0.107. The molecule has 0 aromatic heterocycles. The molecule has 1 atom stereocenters. The average Bonchev–Trinajstić information content (AvgIpc) is 2.53. The second-order valence-electron chi connectivity index (χ2n) is 5.54. The predicted octanol–water partition coefficient (Wildman–Crippen LogP) is 3.88. The Hall–Kier alpha value is -2.06. The summed E-state index contributed by atoms with van der Waals surface area (Å²) in [6, 6.07) is 7.17. The van der Waals surface area contributed by atoms with Gasteiger partial charge in [0.25, 0.3) is 5.91 Å². The summed E-state index contributed by atoms with van der Waals surface area (Å²) < 4.78 is 11.2. The molecule has 0 aliphatic heterocycles. The third kappa shape index (κ3) is 5.26. The van der Waals surface area contributed by atoms with Gasteiger partial charge in [0.2, 0.25) is 0 Å². The highest BCUT2D eigenvalue weighted by Crippen LogP contribution is 2.25. The first-order valence-electron chi connectivity index (χ1n) is 8.13. The maximum Gasteiger partial charge on any atom is 0.256 e. The van der Waals surface area contributed by atoms with Gasteiger partial charge in [0, 0.05) is 12.3 Å². The standard InChI is InChI=1S/C18H26N2O3/c1-5-10-18(4,23-7-3)17(21)20-15-8-9-16(22-11-6-2)14(12-15)13-19/h8-9,12H,5-7,10-11H2,1-4H3,(H,20,21). The molecule has 1 aromatic carbocycles. The lowest BCUT2D eigenvalue weighted by Gasteiger charge is -2.27. The van der Waals surface area contributed by atoms with E-state index >= 15 is 0 Å². The molecule has 1 unspecified atom stereocenters. The van der Waals surface area contributed by atoms with Crippen LogP contribution in [0, 0.1) is 11.3 Å². The lowest BCUT2D eigenvalue weighted by atomic mass is 9.99. The molecule has 0 saturated heterocycles. The number of anilines is 1. The molecule has 23 heavy (non-hydrogen) atoms. The van der Waals surface area contributed by atoms with Crippen LogP contribution in [0.4, 0.5) is 5.69 Å². The van der Waals surface area contributed by atoms with Gasteiger partial charge in [0.1, 0.15) is 17.4 Å². The van der Waals surface area contributed by atoms with Gasteiger partial charge in [-0.25, -0.2) is 0 Å². The summed E-state index contributed by atoms with van der Waals surface area (Å²) in [5, 5.41) is 12.1. The van der Waals surface area contributed by atoms with E-state index in [1.807, 2.05) is 20.8 Å². The number of ether oxygens (including phenoxy) is 2. The second-order valence-corrected chi connectivity index (χ2v) is 5.54. The molecule has 0 saturated carbocycles. The Labute approximate surface area is 138 Å². The summed E-state index contributed by atoms with van der Waals surface area (Å²) >= 11 is 0. The van der Waals surface area contributed by atoms with Gasteiger partial charge in [0.15, 0.2) is 0 Å². The molecule has 0 aliphatic rings. The minimum atomic E-state index is -0.867. The van der Waals surface area contributed by atoms with Crippen molar-refractivity contribution in [3.63, 3.8) is 0 Å². The van der Waals surface area contributed by atoms with Crippen LogP contribution < -0.4 is 10.1 Å². The van der Waals surface area contributed by atoms with Gasteiger partial charge in [-0.15, -0.1) is 0 Å². The number of hydrogen-bond acceptors (Lipinski definition) is 4. The SMILES string of the molecule is CCCOc1ccc(NC(=O)C(C)(CCC)OCC)cc1C#N. The van der Waals surface area contributed by atoms with Crippen LogP contribution in [0.1, 0.15) is 52.5 Å². The number of rotatable bonds is 9. The normalized spacial score (nSPS) is 13.0. The second kappa shape index (κ2) is 9.16. The minimum Gasteiger partial charge on any atom is -0.492 e. The third-order valence-corrected chi connectivity index (χ3v) is 3.49. The largest absolute Gasteiger partial charge is 0.492 e. The van der Waals surface area contributed by atoms with Crippen molar-refractivity contribution in [2.75, 3.05) is 18.5 Å². The molecule has 0 fully saturated rings. The Morgan fingerprint density at radius 2 is 2.04 bits per heavy atom. The number of benzene rings is 1. The van der Waals surface area contributed by atoms with Crippen LogP contribution in [0.25, 0.3) is 0 Å².